The van der Waals surface area contributed by atoms with Crippen LogP contribution in [0.2, 0.25) is 0 Å². The number of likely N-dealkylation sites (N-methyl/N-ethyl adjacent to an activating group) is 1. The quantitative estimate of drug-likeness (QED) is 0.626. The lowest BCUT2D eigenvalue weighted by Crippen LogP contribution is -3.06. The van der Waals surface area contributed by atoms with Gasteiger partial charge in [-0.05, 0) is 42.6 Å². The van der Waals surface area contributed by atoms with Gasteiger partial charge in [0.15, 0.2) is 5.78 Å². The van der Waals surface area contributed by atoms with E-state index in [2.05, 4.69) is 25.5 Å². The van der Waals surface area contributed by atoms with Gasteiger partial charge in [-0.15, -0.1) is 11.3 Å². The van der Waals surface area contributed by atoms with Crippen LogP contribution < -0.4 is 15.0 Å². The molecule has 2 rings (SSSR count). The molecule has 1 atom stereocenters. The number of carbonyl (C=O) groups excluding carboxylic acids is 2. The summed E-state index contributed by atoms with van der Waals surface area (Å²) in [5, 5.41) is 5.00. The number of benzene rings is 1. The van der Waals surface area contributed by atoms with Crippen LogP contribution in [0.15, 0.2) is 41.8 Å². The predicted octanol–water partition coefficient (Wildman–Crippen LogP) is 2.11. The molecule has 140 valence electrons. The summed E-state index contributed by atoms with van der Waals surface area (Å²) in [7, 11) is 4.15. The Bertz CT molecular complexity index is 696. The standard InChI is InChI=1S/C20H26N2O3S/c1-4-25-16-9-7-15(8-10-16)18(23)11-12-20(24)21-14-17(22(2)3)19-6-5-13-26-19/h5-10,13,17H,4,11-12,14H2,1-3H3,(H,21,24)/p+1/t17-/m0/s1. The molecule has 2 aromatic rings. The van der Waals surface area contributed by atoms with E-state index in [-0.39, 0.29) is 30.6 Å². The highest BCUT2D eigenvalue weighted by molar-refractivity contribution is 7.10. The topological polar surface area (TPSA) is 59.8 Å². The highest BCUT2D eigenvalue weighted by atomic mass is 32.1. The molecule has 1 aromatic carbocycles. The Labute approximate surface area is 159 Å². The van der Waals surface area contributed by atoms with Gasteiger partial charge in [-0.3, -0.25) is 9.59 Å². The van der Waals surface area contributed by atoms with Crippen molar-refractivity contribution in [3.8, 4) is 5.75 Å². The van der Waals surface area contributed by atoms with Crippen LogP contribution in [0.25, 0.3) is 0 Å². The van der Waals surface area contributed by atoms with Crippen LogP contribution in [-0.2, 0) is 4.79 Å². The van der Waals surface area contributed by atoms with Crippen LogP contribution in [0.3, 0.4) is 0 Å². The van der Waals surface area contributed by atoms with E-state index in [0.717, 1.165) is 5.75 Å². The monoisotopic (exact) mass is 375 g/mol. The van der Waals surface area contributed by atoms with Gasteiger partial charge >= 0.3 is 0 Å². The van der Waals surface area contributed by atoms with E-state index in [9.17, 15) is 9.59 Å². The molecule has 0 aliphatic heterocycles. The second kappa shape index (κ2) is 10.1. The van der Waals surface area contributed by atoms with Crippen molar-refractivity contribution in [1.82, 2.24) is 5.32 Å². The molecule has 0 spiro atoms. The van der Waals surface area contributed by atoms with E-state index in [1.54, 1.807) is 35.6 Å². The number of hydrogen-bond donors (Lipinski definition) is 2. The largest absolute Gasteiger partial charge is 0.494 e. The number of ether oxygens (including phenoxy) is 1. The van der Waals surface area contributed by atoms with Crippen LogP contribution in [0, 0.1) is 0 Å². The number of amides is 1. The van der Waals surface area contributed by atoms with Gasteiger partial charge in [0.1, 0.15) is 11.8 Å². The summed E-state index contributed by atoms with van der Waals surface area (Å²) in [5.74, 6) is 0.621. The normalized spacial score (nSPS) is 12.0. The van der Waals surface area contributed by atoms with Crippen LogP contribution in [-0.4, -0.2) is 38.9 Å². The van der Waals surface area contributed by atoms with E-state index >= 15 is 0 Å². The molecule has 1 heterocycles. The fraction of sp³-hybridized carbons (Fsp3) is 0.400. The Kier molecular flexibility index (Phi) is 7.81. The zero-order valence-electron chi connectivity index (χ0n) is 15.6. The number of carbonyl (C=O) groups is 2. The van der Waals surface area contributed by atoms with Gasteiger partial charge in [0.05, 0.1) is 32.1 Å². The average molecular weight is 376 g/mol. The van der Waals surface area contributed by atoms with Crippen molar-refractivity contribution in [1.29, 1.82) is 0 Å². The zero-order chi connectivity index (χ0) is 18.9. The van der Waals surface area contributed by atoms with Crippen LogP contribution in [0.4, 0.5) is 0 Å². The number of quaternary nitrogens is 1. The summed E-state index contributed by atoms with van der Waals surface area (Å²) >= 11 is 1.69. The lowest BCUT2D eigenvalue weighted by molar-refractivity contribution is -0.890. The minimum atomic E-state index is -0.0907. The van der Waals surface area contributed by atoms with Gasteiger partial charge < -0.3 is 15.0 Å². The van der Waals surface area contributed by atoms with Crippen molar-refractivity contribution in [3.63, 3.8) is 0 Å². The fourth-order valence-electron chi connectivity index (χ4n) is 2.66. The van der Waals surface area contributed by atoms with Gasteiger partial charge in [-0.2, -0.15) is 0 Å². The molecule has 0 unspecified atom stereocenters. The Morgan fingerprint density at radius 1 is 1.15 bits per heavy atom. The first kappa shape index (κ1) is 20.1. The van der Waals surface area contributed by atoms with Crippen molar-refractivity contribution in [2.75, 3.05) is 27.2 Å². The predicted molar refractivity (Wildman–Crippen MR) is 104 cm³/mol. The minimum Gasteiger partial charge on any atom is -0.494 e. The van der Waals surface area contributed by atoms with Crippen molar-refractivity contribution in [2.24, 2.45) is 0 Å². The fourth-order valence-corrected chi connectivity index (χ4v) is 3.61. The average Bonchev–Trinajstić information content (AvgIpc) is 3.15. The van der Waals surface area contributed by atoms with Gasteiger partial charge in [0.25, 0.3) is 0 Å². The molecule has 0 bridgehead atoms. The Hall–Kier alpha value is -2.18. The van der Waals surface area contributed by atoms with E-state index in [1.807, 2.05) is 18.4 Å². The van der Waals surface area contributed by atoms with Crippen molar-refractivity contribution in [2.45, 2.75) is 25.8 Å². The zero-order valence-corrected chi connectivity index (χ0v) is 16.4. The summed E-state index contributed by atoms with van der Waals surface area (Å²) in [6.07, 6.45) is 0.407. The molecule has 1 amide bonds. The second-order valence-corrected chi connectivity index (χ2v) is 7.31. The number of Topliss-reactive ketones (excluding diaryl/α,β-unsaturated/α-hetero) is 1. The Balaban J connectivity index is 1.79. The first-order valence-corrected chi connectivity index (χ1v) is 9.75. The van der Waals surface area contributed by atoms with Gasteiger partial charge in [0.2, 0.25) is 5.91 Å². The minimum absolute atomic E-state index is 0.0313. The molecule has 0 saturated heterocycles. The molecule has 1 aromatic heterocycles. The number of rotatable bonds is 10. The van der Waals surface area contributed by atoms with Crippen LogP contribution in [0.1, 0.15) is 41.0 Å². The number of nitrogens with one attached hydrogen (secondary N) is 2. The number of ketones is 1. The van der Waals surface area contributed by atoms with E-state index in [0.29, 0.717) is 18.7 Å². The first-order valence-electron chi connectivity index (χ1n) is 8.87. The lowest BCUT2D eigenvalue weighted by atomic mass is 10.1. The van der Waals surface area contributed by atoms with Crippen molar-refractivity contribution >= 4 is 23.0 Å². The van der Waals surface area contributed by atoms with Gasteiger partial charge in [0, 0.05) is 18.4 Å². The SMILES string of the molecule is CCOc1ccc(C(=O)CCC(=O)NC[C@@H](c2cccs2)[NH+](C)C)cc1. The molecule has 0 saturated carbocycles. The molecule has 0 fully saturated rings. The maximum absolute atomic E-state index is 12.2. The summed E-state index contributed by atoms with van der Waals surface area (Å²) < 4.78 is 5.37. The van der Waals surface area contributed by atoms with Crippen LogP contribution >= 0.6 is 11.3 Å². The molecular weight excluding hydrogens is 348 g/mol. The third-order valence-electron chi connectivity index (χ3n) is 4.15. The molecule has 6 heteroatoms. The molecule has 0 aliphatic rings. The van der Waals surface area contributed by atoms with E-state index in [4.69, 9.17) is 4.74 Å². The lowest BCUT2D eigenvalue weighted by Gasteiger charge is -2.20. The Morgan fingerprint density at radius 3 is 2.46 bits per heavy atom. The summed E-state index contributed by atoms with van der Waals surface area (Å²) in [6.45, 7) is 3.08. The second-order valence-electron chi connectivity index (χ2n) is 6.33. The maximum atomic E-state index is 12.2. The Morgan fingerprint density at radius 2 is 1.88 bits per heavy atom. The van der Waals surface area contributed by atoms with Crippen LogP contribution in [0.5, 0.6) is 5.75 Å². The van der Waals surface area contributed by atoms with Gasteiger partial charge in [-0.1, -0.05) is 6.07 Å². The third kappa shape index (κ3) is 5.97. The van der Waals surface area contributed by atoms with E-state index < -0.39 is 0 Å². The van der Waals surface area contributed by atoms with Gasteiger partial charge in [-0.25, -0.2) is 0 Å². The summed E-state index contributed by atoms with van der Waals surface area (Å²) in [4.78, 5) is 26.9. The molecule has 0 aliphatic carbocycles. The molecule has 26 heavy (non-hydrogen) atoms. The maximum Gasteiger partial charge on any atom is 0.220 e. The first-order chi connectivity index (χ1) is 12.5. The smallest absolute Gasteiger partial charge is 0.220 e. The summed E-state index contributed by atoms with van der Waals surface area (Å²) in [6, 6.07) is 11.4. The third-order valence-corrected chi connectivity index (χ3v) is 5.14. The molecule has 2 N–H and O–H groups in total. The van der Waals surface area contributed by atoms with Crippen molar-refractivity contribution < 1.29 is 19.2 Å². The van der Waals surface area contributed by atoms with Crippen molar-refractivity contribution in [3.05, 3.63) is 52.2 Å². The number of hydrogen-bond acceptors (Lipinski definition) is 4. The summed E-state index contributed by atoms with van der Waals surface area (Å²) in [5.41, 5.74) is 0.607. The highest BCUT2D eigenvalue weighted by Gasteiger charge is 2.20. The molecule has 5 nitrogen and oxygen atoms in total. The van der Waals surface area contributed by atoms with E-state index in [1.165, 1.54) is 9.78 Å². The highest BCUT2D eigenvalue weighted by Crippen LogP contribution is 2.16. The molecule has 0 radical (unpaired) electrons. The number of thiophene rings is 1. The molecular formula is C20H27N2O3S+.